The van der Waals surface area contributed by atoms with Crippen LogP contribution in [0.3, 0.4) is 0 Å². The Bertz CT molecular complexity index is 1070. The number of amides is 1. The number of sulfonamides is 1. The standard InChI is InChI=1S/C20H25N3O3S.C2HF3O2/c1-17-6-5-7-18(14-17)15-23(16-20(24)22-12-10-21-11-13-22)27(25,26)19-8-3-2-4-9-19;3-2(4,5)1(6)7/h2-9,14,21H,10-13,15-16H2,1H3;(H,6,7). The molecule has 1 amide bonds. The minimum Gasteiger partial charge on any atom is -0.475 e. The van der Waals surface area contributed by atoms with Gasteiger partial charge in [-0.25, -0.2) is 13.2 Å². The summed E-state index contributed by atoms with van der Waals surface area (Å²) in [7, 11) is -3.78. The first-order valence-electron chi connectivity index (χ1n) is 10.3. The van der Waals surface area contributed by atoms with E-state index in [1.807, 2.05) is 31.2 Å². The predicted octanol–water partition coefficient (Wildman–Crippen LogP) is 2.25. The van der Waals surface area contributed by atoms with Crippen molar-refractivity contribution in [1.82, 2.24) is 14.5 Å². The van der Waals surface area contributed by atoms with Crippen LogP contribution in [-0.2, 0) is 26.2 Å². The summed E-state index contributed by atoms with van der Waals surface area (Å²) in [5.74, 6) is -2.92. The second-order valence-corrected chi connectivity index (χ2v) is 9.45. The number of alkyl halides is 3. The first kappa shape index (κ1) is 27.3. The lowest BCUT2D eigenvalue weighted by atomic mass is 10.1. The Labute approximate surface area is 196 Å². The fraction of sp³-hybridized carbons (Fsp3) is 0.364. The number of carboxylic acids is 1. The highest BCUT2D eigenvalue weighted by atomic mass is 32.2. The Morgan fingerprint density at radius 3 is 2.18 bits per heavy atom. The number of piperazine rings is 1. The zero-order chi connectivity index (χ0) is 25.4. The fourth-order valence-corrected chi connectivity index (χ4v) is 4.55. The molecular weight excluding hydrogens is 475 g/mol. The second kappa shape index (κ2) is 12.0. The summed E-state index contributed by atoms with van der Waals surface area (Å²) in [6.45, 7) is 4.63. The van der Waals surface area contributed by atoms with Gasteiger partial charge in [0.2, 0.25) is 15.9 Å². The number of benzene rings is 2. The molecule has 1 saturated heterocycles. The number of halogens is 3. The molecule has 2 aromatic carbocycles. The van der Waals surface area contributed by atoms with Crippen LogP contribution in [0.25, 0.3) is 0 Å². The van der Waals surface area contributed by atoms with Gasteiger partial charge in [0, 0.05) is 32.7 Å². The van der Waals surface area contributed by atoms with Crippen molar-refractivity contribution >= 4 is 21.9 Å². The van der Waals surface area contributed by atoms with Crippen molar-refractivity contribution < 1.29 is 36.3 Å². The Morgan fingerprint density at radius 2 is 1.65 bits per heavy atom. The molecule has 1 aliphatic heterocycles. The number of nitrogens with zero attached hydrogens (tertiary/aromatic N) is 2. The topological polar surface area (TPSA) is 107 Å². The highest BCUT2D eigenvalue weighted by Crippen LogP contribution is 2.19. The SMILES string of the molecule is Cc1cccc(CN(CC(=O)N2CCNCC2)S(=O)(=O)c2ccccc2)c1.O=C(O)C(F)(F)F. The molecule has 1 aliphatic rings. The normalized spacial score (nSPS) is 14.3. The second-order valence-electron chi connectivity index (χ2n) is 7.51. The fourth-order valence-electron chi connectivity index (χ4n) is 3.15. The number of carbonyl (C=O) groups is 2. The number of hydrogen-bond donors (Lipinski definition) is 2. The third-order valence-corrected chi connectivity index (χ3v) is 6.65. The highest BCUT2D eigenvalue weighted by molar-refractivity contribution is 7.89. The van der Waals surface area contributed by atoms with E-state index in [4.69, 9.17) is 9.90 Å². The molecule has 1 heterocycles. The number of carbonyl (C=O) groups excluding carboxylic acids is 1. The van der Waals surface area contributed by atoms with Crippen LogP contribution in [0.15, 0.2) is 59.5 Å². The monoisotopic (exact) mass is 501 g/mol. The van der Waals surface area contributed by atoms with Gasteiger partial charge in [-0.2, -0.15) is 17.5 Å². The molecule has 3 rings (SSSR count). The van der Waals surface area contributed by atoms with Crippen LogP contribution in [0.4, 0.5) is 13.2 Å². The van der Waals surface area contributed by atoms with E-state index in [0.29, 0.717) is 13.1 Å². The molecule has 0 aliphatic carbocycles. The molecule has 0 saturated carbocycles. The summed E-state index contributed by atoms with van der Waals surface area (Å²) in [4.78, 5) is 23.6. The Morgan fingerprint density at radius 1 is 1.06 bits per heavy atom. The van der Waals surface area contributed by atoms with E-state index in [1.165, 1.54) is 4.31 Å². The van der Waals surface area contributed by atoms with Crippen LogP contribution < -0.4 is 5.32 Å². The van der Waals surface area contributed by atoms with Crippen LogP contribution in [0.5, 0.6) is 0 Å². The minimum absolute atomic E-state index is 0.162. The van der Waals surface area contributed by atoms with Crippen LogP contribution >= 0.6 is 0 Å². The average Bonchev–Trinajstić information content (AvgIpc) is 2.79. The molecule has 2 aromatic rings. The molecule has 0 atom stereocenters. The lowest BCUT2D eigenvalue weighted by Crippen LogP contribution is -2.50. The summed E-state index contributed by atoms with van der Waals surface area (Å²) in [5, 5.41) is 10.3. The number of aliphatic carboxylic acids is 1. The van der Waals surface area contributed by atoms with Gasteiger partial charge in [-0.1, -0.05) is 48.0 Å². The molecule has 8 nitrogen and oxygen atoms in total. The number of rotatable bonds is 6. The molecule has 1 fully saturated rings. The van der Waals surface area contributed by atoms with Crippen LogP contribution in [0, 0.1) is 6.92 Å². The first-order chi connectivity index (χ1) is 15.9. The Balaban J connectivity index is 0.000000509. The number of carboxylic acid groups (broad SMARTS) is 1. The van der Waals surface area contributed by atoms with E-state index in [9.17, 15) is 26.4 Å². The van der Waals surface area contributed by atoms with Crippen molar-refractivity contribution in [3.05, 3.63) is 65.7 Å². The average molecular weight is 502 g/mol. The Hall–Kier alpha value is -2.96. The van der Waals surface area contributed by atoms with Gasteiger partial charge in [0.05, 0.1) is 11.4 Å². The van der Waals surface area contributed by atoms with Crippen molar-refractivity contribution in [2.75, 3.05) is 32.7 Å². The maximum Gasteiger partial charge on any atom is 0.490 e. The molecule has 0 radical (unpaired) electrons. The van der Waals surface area contributed by atoms with E-state index < -0.39 is 22.2 Å². The number of nitrogens with one attached hydrogen (secondary N) is 1. The molecule has 2 N–H and O–H groups in total. The molecule has 0 bridgehead atoms. The Kier molecular flexibility index (Phi) is 9.59. The molecule has 34 heavy (non-hydrogen) atoms. The van der Waals surface area contributed by atoms with Gasteiger partial charge in [0.1, 0.15) is 0 Å². The summed E-state index contributed by atoms with van der Waals surface area (Å²) in [5.41, 5.74) is 1.92. The maximum atomic E-state index is 13.2. The molecule has 0 aromatic heterocycles. The lowest BCUT2D eigenvalue weighted by Gasteiger charge is -2.30. The van der Waals surface area contributed by atoms with E-state index in [2.05, 4.69) is 5.32 Å². The largest absolute Gasteiger partial charge is 0.490 e. The van der Waals surface area contributed by atoms with Gasteiger partial charge in [-0.05, 0) is 24.6 Å². The van der Waals surface area contributed by atoms with E-state index >= 15 is 0 Å². The van der Waals surface area contributed by atoms with Gasteiger partial charge in [-0.3, -0.25) is 4.79 Å². The van der Waals surface area contributed by atoms with Crippen LogP contribution in [0.2, 0.25) is 0 Å². The van der Waals surface area contributed by atoms with E-state index in [1.54, 1.807) is 35.2 Å². The quantitative estimate of drug-likeness (QED) is 0.629. The highest BCUT2D eigenvalue weighted by Gasteiger charge is 2.38. The van der Waals surface area contributed by atoms with Crippen molar-refractivity contribution in [3.63, 3.8) is 0 Å². The summed E-state index contributed by atoms with van der Waals surface area (Å²) >= 11 is 0. The smallest absolute Gasteiger partial charge is 0.475 e. The third-order valence-electron chi connectivity index (χ3n) is 4.85. The van der Waals surface area contributed by atoms with E-state index in [0.717, 1.165) is 24.2 Å². The van der Waals surface area contributed by atoms with Crippen LogP contribution in [-0.4, -0.2) is 73.5 Å². The molecule has 0 spiro atoms. The molecule has 0 unspecified atom stereocenters. The summed E-state index contributed by atoms with van der Waals surface area (Å²) in [6, 6.07) is 16.0. The molecular formula is C22H26F3N3O5S. The van der Waals surface area contributed by atoms with Gasteiger partial charge in [0.25, 0.3) is 0 Å². The van der Waals surface area contributed by atoms with Gasteiger partial charge in [0.15, 0.2) is 0 Å². The van der Waals surface area contributed by atoms with Crippen molar-refractivity contribution in [1.29, 1.82) is 0 Å². The van der Waals surface area contributed by atoms with E-state index in [-0.39, 0.29) is 23.9 Å². The zero-order valence-electron chi connectivity index (χ0n) is 18.5. The number of hydrogen-bond acceptors (Lipinski definition) is 5. The first-order valence-corrected chi connectivity index (χ1v) is 11.7. The van der Waals surface area contributed by atoms with Gasteiger partial charge >= 0.3 is 12.1 Å². The molecule has 186 valence electrons. The predicted molar refractivity (Wildman–Crippen MR) is 118 cm³/mol. The van der Waals surface area contributed by atoms with Crippen molar-refractivity contribution in [2.24, 2.45) is 0 Å². The van der Waals surface area contributed by atoms with Gasteiger partial charge < -0.3 is 15.3 Å². The van der Waals surface area contributed by atoms with Gasteiger partial charge in [-0.15, -0.1) is 0 Å². The van der Waals surface area contributed by atoms with Crippen molar-refractivity contribution in [3.8, 4) is 0 Å². The van der Waals surface area contributed by atoms with Crippen LogP contribution in [0.1, 0.15) is 11.1 Å². The zero-order valence-corrected chi connectivity index (χ0v) is 19.3. The third kappa shape index (κ3) is 8.12. The summed E-state index contributed by atoms with van der Waals surface area (Å²) < 4.78 is 59.4. The number of aryl methyl sites for hydroxylation is 1. The summed E-state index contributed by atoms with van der Waals surface area (Å²) in [6.07, 6.45) is -5.08. The van der Waals surface area contributed by atoms with Crippen molar-refractivity contribution in [2.45, 2.75) is 24.5 Å². The lowest BCUT2D eigenvalue weighted by molar-refractivity contribution is -0.192. The minimum atomic E-state index is -5.08. The molecule has 12 heteroatoms. The maximum absolute atomic E-state index is 13.2.